The fourth-order valence-corrected chi connectivity index (χ4v) is 2.13. The summed E-state index contributed by atoms with van der Waals surface area (Å²) in [6.45, 7) is 2.44. The minimum Gasteiger partial charge on any atom is -0.479 e. The number of Topliss-reactive ketones (excluding diaryl/α,β-unsaturated/α-hetero) is 1. The van der Waals surface area contributed by atoms with E-state index in [1.54, 1.807) is 48.5 Å². The van der Waals surface area contributed by atoms with Gasteiger partial charge in [0.1, 0.15) is 5.75 Å². The molecule has 1 amide bonds. The van der Waals surface area contributed by atoms with Gasteiger partial charge >= 0.3 is 5.97 Å². The predicted octanol–water partition coefficient (Wildman–Crippen LogP) is 2.71. The predicted molar refractivity (Wildman–Crippen MR) is 97.3 cm³/mol. The van der Waals surface area contributed by atoms with Gasteiger partial charge in [-0.1, -0.05) is 12.1 Å². The first kappa shape index (κ1) is 19.7. The van der Waals surface area contributed by atoms with Crippen LogP contribution in [0.25, 0.3) is 0 Å². The second-order valence-electron chi connectivity index (χ2n) is 5.69. The summed E-state index contributed by atoms with van der Waals surface area (Å²) in [6.07, 6.45) is -0.924. The van der Waals surface area contributed by atoms with Crippen molar-refractivity contribution in [1.29, 1.82) is 5.26 Å². The highest BCUT2D eigenvalue weighted by molar-refractivity contribution is 5.97. The number of hydrogen-bond acceptors (Lipinski definition) is 6. The van der Waals surface area contributed by atoms with Crippen molar-refractivity contribution in [3.8, 4) is 11.8 Å². The minimum absolute atomic E-state index is 0.119. The topological polar surface area (TPSA) is 105 Å². The highest BCUT2D eigenvalue weighted by Crippen LogP contribution is 2.14. The Kier molecular flexibility index (Phi) is 6.67. The first-order chi connectivity index (χ1) is 12.9. The zero-order valence-corrected chi connectivity index (χ0v) is 14.9. The number of ether oxygens (including phenoxy) is 2. The highest BCUT2D eigenvalue weighted by Gasteiger charge is 2.18. The molecule has 138 valence electrons. The van der Waals surface area contributed by atoms with Gasteiger partial charge in [0, 0.05) is 11.3 Å². The second kappa shape index (κ2) is 9.15. The van der Waals surface area contributed by atoms with Crippen molar-refractivity contribution >= 4 is 23.3 Å². The third-order valence-electron chi connectivity index (χ3n) is 3.53. The number of carbonyl (C=O) groups is 3. The van der Waals surface area contributed by atoms with E-state index in [-0.39, 0.29) is 5.78 Å². The Balaban J connectivity index is 1.83. The summed E-state index contributed by atoms with van der Waals surface area (Å²) < 4.78 is 10.4. The summed E-state index contributed by atoms with van der Waals surface area (Å²) in [7, 11) is 0. The lowest BCUT2D eigenvalue weighted by Crippen LogP contribution is -2.29. The van der Waals surface area contributed by atoms with E-state index < -0.39 is 24.6 Å². The maximum absolute atomic E-state index is 11.9. The van der Waals surface area contributed by atoms with E-state index in [0.29, 0.717) is 22.6 Å². The molecule has 1 atom stereocenters. The Morgan fingerprint density at radius 2 is 1.85 bits per heavy atom. The van der Waals surface area contributed by atoms with Gasteiger partial charge in [-0.3, -0.25) is 9.59 Å². The average Bonchev–Trinajstić information content (AvgIpc) is 2.66. The number of amides is 1. The summed E-state index contributed by atoms with van der Waals surface area (Å²) in [5.74, 6) is -0.947. The number of ketones is 1. The van der Waals surface area contributed by atoms with Crippen LogP contribution in [-0.4, -0.2) is 30.4 Å². The van der Waals surface area contributed by atoms with E-state index in [9.17, 15) is 14.4 Å². The second-order valence-corrected chi connectivity index (χ2v) is 5.69. The van der Waals surface area contributed by atoms with Gasteiger partial charge in [-0.25, -0.2) is 4.79 Å². The molecule has 0 heterocycles. The van der Waals surface area contributed by atoms with Crippen molar-refractivity contribution in [2.75, 3.05) is 11.9 Å². The molecule has 0 aromatic heterocycles. The average molecular weight is 366 g/mol. The number of carbonyl (C=O) groups excluding carboxylic acids is 3. The van der Waals surface area contributed by atoms with Gasteiger partial charge in [0.15, 0.2) is 18.5 Å². The molecule has 7 nitrogen and oxygen atoms in total. The van der Waals surface area contributed by atoms with E-state index in [4.69, 9.17) is 14.7 Å². The van der Waals surface area contributed by atoms with Gasteiger partial charge in [0.25, 0.3) is 5.91 Å². The van der Waals surface area contributed by atoms with Crippen LogP contribution in [0.4, 0.5) is 5.69 Å². The molecule has 0 aliphatic heterocycles. The third kappa shape index (κ3) is 5.97. The van der Waals surface area contributed by atoms with Crippen LogP contribution in [0.2, 0.25) is 0 Å². The van der Waals surface area contributed by atoms with Gasteiger partial charge in [0.05, 0.1) is 11.6 Å². The van der Waals surface area contributed by atoms with Crippen LogP contribution in [0.5, 0.6) is 5.75 Å². The summed E-state index contributed by atoms with van der Waals surface area (Å²) in [6, 6.07) is 14.7. The molecule has 2 aromatic carbocycles. The van der Waals surface area contributed by atoms with Crippen LogP contribution in [-0.2, 0) is 14.3 Å². The molecule has 0 spiro atoms. The number of anilines is 1. The van der Waals surface area contributed by atoms with Gasteiger partial charge in [-0.2, -0.15) is 5.26 Å². The van der Waals surface area contributed by atoms with Gasteiger partial charge in [-0.15, -0.1) is 0 Å². The Bertz CT molecular complexity index is 884. The van der Waals surface area contributed by atoms with E-state index in [1.165, 1.54) is 13.8 Å². The molecule has 1 N–H and O–H groups in total. The first-order valence-corrected chi connectivity index (χ1v) is 8.13. The summed E-state index contributed by atoms with van der Waals surface area (Å²) in [5.41, 5.74) is 1.38. The lowest BCUT2D eigenvalue weighted by atomic mass is 10.1. The molecule has 0 saturated carbocycles. The van der Waals surface area contributed by atoms with E-state index >= 15 is 0 Å². The number of nitrogens with one attached hydrogen (secondary N) is 1. The van der Waals surface area contributed by atoms with Gasteiger partial charge < -0.3 is 14.8 Å². The monoisotopic (exact) mass is 366 g/mol. The molecule has 27 heavy (non-hydrogen) atoms. The van der Waals surface area contributed by atoms with E-state index in [0.717, 1.165) is 0 Å². The van der Waals surface area contributed by atoms with Crippen LogP contribution < -0.4 is 10.1 Å². The van der Waals surface area contributed by atoms with Crippen LogP contribution in [0.15, 0.2) is 48.5 Å². The molecule has 0 bridgehead atoms. The normalized spacial score (nSPS) is 11.0. The molecule has 0 saturated heterocycles. The molecule has 0 unspecified atom stereocenters. The van der Waals surface area contributed by atoms with E-state index in [2.05, 4.69) is 5.32 Å². The first-order valence-electron chi connectivity index (χ1n) is 8.13. The van der Waals surface area contributed by atoms with Crippen LogP contribution >= 0.6 is 0 Å². The Morgan fingerprint density at radius 3 is 2.48 bits per heavy atom. The van der Waals surface area contributed by atoms with Crippen LogP contribution in [0.1, 0.15) is 29.8 Å². The Labute approximate surface area is 156 Å². The standard InChI is InChI=1S/C20H18N2O5/c1-13(23)16-4-3-5-17(10-16)22-19(24)12-26-20(25)14(2)27-18-8-6-15(11-21)7-9-18/h3-10,14H,12H2,1-2H3,(H,22,24)/t14-/m1/s1. The van der Waals surface area contributed by atoms with Crippen molar-refractivity contribution < 1.29 is 23.9 Å². The van der Waals surface area contributed by atoms with Crippen molar-refractivity contribution in [3.05, 3.63) is 59.7 Å². The minimum atomic E-state index is -0.924. The molecule has 2 aromatic rings. The third-order valence-corrected chi connectivity index (χ3v) is 3.53. The molecule has 0 aliphatic carbocycles. The fraction of sp³-hybridized carbons (Fsp3) is 0.200. The smallest absolute Gasteiger partial charge is 0.347 e. The lowest BCUT2D eigenvalue weighted by Gasteiger charge is -2.14. The number of hydrogen-bond donors (Lipinski definition) is 1. The summed E-state index contributed by atoms with van der Waals surface area (Å²) in [5, 5.41) is 11.3. The van der Waals surface area contributed by atoms with Crippen LogP contribution in [0, 0.1) is 11.3 Å². The molecule has 0 aliphatic rings. The van der Waals surface area contributed by atoms with Gasteiger partial charge in [0.2, 0.25) is 0 Å². The number of esters is 1. The van der Waals surface area contributed by atoms with Crippen molar-refractivity contribution in [2.24, 2.45) is 0 Å². The maximum atomic E-state index is 11.9. The summed E-state index contributed by atoms with van der Waals surface area (Å²) in [4.78, 5) is 35.2. The van der Waals surface area contributed by atoms with Crippen LogP contribution in [0.3, 0.4) is 0 Å². The Morgan fingerprint density at radius 1 is 1.15 bits per heavy atom. The van der Waals surface area contributed by atoms with Gasteiger partial charge in [-0.05, 0) is 50.2 Å². The molecule has 2 rings (SSSR count). The molecule has 0 fully saturated rings. The largest absolute Gasteiger partial charge is 0.479 e. The SMILES string of the molecule is CC(=O)c1cccc(NC(=O)COC(=O)[C@@H](C)Oc2ccc(C#N)cc2)c1. The zero-order chi connectivity index (χ0) is 19.8. The highest BCUT2D eigenvalue weighted by atomic mass is 16.6. The zero-order valence-electron chi connectivity index (χ0n) is 14.9. The van der Waals surface area contributed by atoms with Crippen molar-refractivity contribution in [2.45, 2.75) is 20.0 Å². The lowest BCUT2D eigenvalue weighted by molar-refractivity contribution is -0.153. The number of benzene rings is 2. The number of rotatable bonds is 7. The quantitative estimate of drug-likeness (QED) is 0.597. The molecule has 0 radical (unpaired) electrons. The van der Waals surface area contributed by atoms with Crippen molar-refractivity contribution in [1.82, 2.24) is 0 Å². The Hall–Kier alpha value is -3.66. The number of nitriles is 1. The van der Waals surface area contributed by atoms with Crippen molar-refractivity contribution in [3.63, 3.8) is 0 Å². The maximum Gasteiger partial charge on any atom is 0.347 e. The molecule has 7 heteroatoms. The van der Waals surface area contributed by atoms with E-state index in [1.807, 2.05) is 6.07 Å². The summed E-state index contributed by atoms with van der Waals surface area (Å²) >= 11 is 0. The molecular formula is C20H18N2O5. The number of nitrogens with zero attached hydrogens (tertiary/aromatic N) is 1. The fourth-order valence-electron chi connectivity index (χ4n) is 2.13. The molecular weight excluding hydrogens is 348 g/mol.